The summed E-state index contributed by atoms with van der Waals surface area (Å²) in [6.45, 7) is 3.73. The number of thiophene rings is 1. The van der Waals surface area contributed by atoms with Crippen LogP contribution in [0.15, 0.2) is 16.8 Å². The number of piperidine rings is 1. The zero-order valence-electron chi connectivity index (χ0n) is 16.5. The summed E-state index contributed by atoms with van der Waals surface area (Å²) in [5, 5.41) is 4.03. The minimum Gasteiger partial charge on any atom is -0.375 e. The molecule has 2 aliphatic heterocycles. The van der Waals surface area contributed by atoms with E-state index >= 15 is 0 Å². The number of ether oxygens (including phenoxy) is 1. The van der Waals surface area contributed by atoms with E-state index in [1.165, 1.54) is 0 Å². The van der Waals surface area contributed by atoms with Crippen LogP contribution >= 0.6 is 11.3 Å². The third-order valence-corrected chi connectivity index (χ3v) is 9.08. The molecular formula is C20H30N2O4S2. The highest BCUT2D eigenvalue weighted by Crippen LogP contribution is 2.41. The Kier molecular flexibility index (Phi) is 5.84. The Bertz CT molecular complexity index is 781. The van der Waals surface area contributed by atoms with Gasteiger partial charge in [0.2, 0.25) is 15.9 Å². The van der Waals surface area contributed by atoms with Crippen molar-refractivity contribution in [1.82, 2.24) is 9.21 Å². The Morgan fingerprint density at radius 1 is 1.29 bits per heavy atom. The van der Waals surface area contributed by atoms with E-state index in [9.17, 15) is 13.2 Å². The molecule has 1 atom stereocenters. The Morgan fingerprint density at radius 2 is 2.04 bits per heavy atom. The average Bonchev–Trinajstić information content (AvgIpc) is 3.37. The number of nitrogens with zero attached hydrogens (tertiary/aromatic N) is 2. The maximum Gasteiger partial charge on any atom is 0.227 e. The second kappa shape index (κ2) is 8.05. The molecule has 3 fully saturated rings. The SMILES string of the molecule is CCS(=O)(=O)N(C1CC1)C1CCOC2(CCN(C(=O)Cc3ccsc3)CC2)C1. The number of carbonyl (C=O) groups excluding carboxylic acids is 1. The smallest absolute Gasteiger partial charge is 0.227 e. The van der Waals surface area contributed by atoms with E-state index in [0.29, 0.717) is 26.1 Å². The van der Waals surface area contributed by atoms with Gasteiger partial charge in [-0.2, -0.15) is 15.6 Å². The highest BCUT2D eigenvalue weighted by molar-refractivity contribution is 7.89. The Labute approximate surface area is 171 Å². The molecular weight excluding hydrogens is 396 g/mol. The van der Waals surface area contributed by atoms with Crippen LogP contribution in [0.1, 0.15) is 51.0 Å². The van der Waals surface area contributed by atoms with Crippen molar-refractivity contribution in [2.24, 2.45) is 0 Å². The van der Waals surface area contributed by atoms with Crippen LogP contribution < -0.4 is 0 Å². The molecule has 156 valence electrons. The van der Waals surface area contributed by atoms with Gasteiger partial charge >= 0.3 is 0 Å². The topological polar surface area (TPSA) is 66.9 Å². The van der Waals surface area contributed by atoms with Crippen molar-refractivity contribution in [3.05, 3.63) is 22.4 Å². The molecule has 1 amide bonds. The molecule has 3 aliphatic rings. The Morgan fingerprint density at radius 3 is 2.64 bits per heavy atom. The van der Waals surface area contributed by atoms with Crippen LogP contribution in [0.3, 0.4) is 0 Å². The molecule has 1 saturated carbocycles. The van der Waals surface area contributed by atoms with Crippen LogP contribution in [0.4, 0.5) is 0 Å². The molecule has 6 nitrogen and oxygen atoms in total. The minimum atomic E-state index is -3.19. The number of hydrogen-bond acceptors (Lipinski definition) is 5. The summed E-state index contributed by atoms with van der Waals surface area (Å²) in [5.74, 6) is 0.340. The first-order valence-corrected chi connectivity index (χ1v) is 12.9. The van der Waals surface area contributed by atoms with Crippen LogP contribution in [0.2, 0.25) is 0 Å². The molecule has 1 aromatic heterocycles. The number of carbonyl (C=O) groups is 1. The van der Waals surface area contributed by atoms with Gasteiger partial charge < -0.3 is 9.64 Å². The number of hydrogen-bond donors (Lipinski definition) is 0. The molecule has 1 aromatic rings. The van der Waals surface area contributed by atoms with Crippen molar-refractivity contribution in [2.75, 3.05) is 25.4 Å². The number of amides is 1. The lowest BCUT2D eigenvalue weighted by molar-refractivity contribution is -0.146. The van der Waals surface area contributed by atoms with Gasteiger partial charge in [0.25, 0.3) is 0 Å². The minimum absolute atomic E-state index is 0.0410. The Hall–Kier alpha value is -0.960. The summed E-state index contributed by atoms with van der Waals surface area (Å²) in [6.07, 6.45) is 5.55. The fourth-order valence-electron chi connectivity index (χ4n) is 4.64. The normalized spacial score (nSPS) is 25.4. The van der Waals surface area contributed by atoms with Gasteiger partial charge in [-0.25, -0.2) is 8.42 Å². The lowest BCUT2D eigenvalue weighted by Gasteiger charge is -2.48. The Balaban J connectivity index is 1.39. The van der Waals surface area contributed by atoms with Crippen LogP contribution in [0, 0.1) is 0 Å². The summed E-state index contributed by atoms with van der Waals surface area (Å²) in [4.78, 5) is 14.5. The highest BCUT2D eigenvalue weighted by atomic mass is 32.2. The standard InChI is InChI=1S/C20H30N2O4S2/c1-2-28(24,25)22(17-3-4-17)18-5-11-26-20(14-18)7-9-21(10-8-20)19(23)13-16-6-12-27-15-16/h6,12,15,17-18H,2-5,7-11,13-14H2,1H3. The van der Waals surface area contributed by atoms with Gasteiger partial charge in [0.15, 0.2) is 0 Å². The van der Waals surface area contributed by atoms with Crippen molar-refractivity contribution >= 4 is 27.3 Å². The third kappa shape index (κ3) is 4.30. The first-order chi connectivity index (χ1) is 13.4. The largest absolute Gasteiger partial charge is 0.375 e. The molecule has 4 rings (SSSR count). The van der Waals surface area contributed by atoms with E-state index < -0.39 is 10.0 Å². The maximum atomic E-state index is 12.7. The number of likely N-dealkylation sites (tertiary alicyclic amines) is 1. The lowest BCUT2D eigenvalue weighted by atomic mass is 9.82. The predicted molar refractivity (Wildman–Crippen MR) is 110 cm³/mol. The van der Waals surface area contributed by atoms with E-state index in [4.69, 9.17) is 4.74 Å². The first-order valence-electron chi connectivity index (χ1n) is 10.4. The molecule has 1 unspecified atom stereocenters. The summed E-state index contributed by atoms with van der Waals surface area (Å²) in [6, 6.07) is 2.24. The fraction of sp³-hybridized carbons (Fsp3) is 0.750. The highest BCUT2D eigenvalue weighted by Gasteiger charge is 2.48. The molecule has 0 aromatic carbocycles. The zero-order valence-corrected chi connectivity index (χ0v) is 18.1. The number of rotatable bonds is 6. The van der Waals surface area contributed by atoms with Crippen molar-refractivity contribution in [2.45, 2.75) is 69.6 Å². The van der Waals surface area contributed by atoms with Crippen LogP contribution in [-0.2, 0) is 26.0 Å². The second-order valence-electron chi connectivity index (χ2n) is 8.33. The van der Waals surface area contributed by atoms with Gasteiger partial charge in [0.1, 0.15) is 0 Å². The lowest BCUT2D eigenvalue weighted by Crippen LogP contribution is -2.56. The maximum absolute atomic E-state index is 12.7. The molecule has 28 heavy (non-hydrogen) atoms. The summed E-state index contributed by atoms with van der Waals surface area (Å²) >= 11 is 1.62. The first kappa shape index (κ1) is 20.3. The van der Waals surface area contributed by atoms with Crippen LogP contribution in [0.25, 0.3) is 0 Å². The van der Waals surface area contributed by atoms with E-state index in [-0.39, 0.29) is 29.3 Å². The molecule has 1 spiro atoms. The molecule has 0 N–H and O–H groups in total. The molecule has 2 saturated heterocycles. The summed E-state index contributed by atoms with van der Waals surface area (Å²) in [7, 11) is -3.19. The van der Waals surface area contributed by atoms with Gasteiger partial charge in [-0.1, -0.05) is 0 Å². The van der Waals surface area contributed by atoms with Gasteiger partial charge in [0.05, 0.1) is 17.8 Å². The fourth-order valence-corrected chi connectivity index (χ4v) is 6.91. The molecule has 1 aliphatic carbocycles. The van der Waals surface area contributed by atoms with Gasteiger partial charge in [-0.15, -0.1) is 0 Å². The van der Waals surface area contributed by atoms with Crippen molar-refractivity contribution in [3.8, 4) is 0 Å². The van der Waals surface area contributed by atoms with Gasteiger partial charge in [-0.3, -0.25) is 4.79 Å². The van der Waals surface area contributed by atoms with E-state index in [2.05, 4.69) is 0 Å². The van der Waals surface area contributed by atoms with Crippen molar-refractivity contribution in [1.29, 1.82) is 0 Å². The predicted octanol–water partition coefficient (Wildman–Crippen LogP) is 2.64. The average molecular weight is 427 g/mol. The molecule has 0 bridgehead atoms. The van der Waals surface area contributed by atoms with E-state index in [1.54, 1.807) is 18.3 Å². The number of sulfonamides is 1. The van der Waals surface area contributed by atoms with Crippen LogP contribution in [0.5, 0.6) is 0 Å². The van der Waals surface area contributed by atoms with Crippen molar-refractivity contribution in [3.63, 3.8) is 0 Å². The zero-order chi connectivity index (χ0) is 19.8. The van der Waals surface area contributed by atoms with Gasteiger partial charge in [0, 0.05) is 31.8 Å². The monoisotopic (exact) mass is 426 g/mol. The van der Waals surface area contributed by atoms with Crippen molar-refractivity contribution < 1.29 is 17.9 Å². The molecule has 0 radical (unpaired) electrons. The summed E-state index contributed by atoms with van der Waals surface area (Å²) in [5.41, 5.74) is 0.799. The molecule has 3 heterocycles. The second-order valence-corrected chi connectivity index (χ2v) is 11.3. The van der Waals surface area contributed by atoms with E-state index in [0.717, 1.165) is 44.1 Å². The molecule has 8 heteroatoms. The third-order valence-electron chi connectivity index (χ3n) is 6.38. The summed E-state index contributed by atoms with van der Waals surface area (Å²) < 4.78 is 33.4. The van der Waals surface area contributed by atoms with Gasteiger partial charge in [-0.05, 0) is 67.8 Å². The van der Waals surface area contributed by atoms with E-state index in [1.807, 2.05) is 26.0 Å². The quantitative estimate of drug-likeness (QED) is 0.701. The van der Waals surface area contributed by atoms with Crippen LogP contribution in [-0.4, -0.2) is 66.7 Å².